The van der Waals surface area contributed by atoms with Gasteiger partial charge in [0.2, 0.25) is 15.9 Å². The standard InChI is InChI=1S/C22H25F3N4O3S/c1-12-10-17-18(20(26)30)19(29(15-4-3-5-15)21(17)27-11-12)14-6-8-16(9-7-14)33(31,32)28-13(2)22(23,24)25/h6-11,13,15,18-19,28H,3-5H2,1-2H3,(H2,26,30)/t13-,18?,19?/m0/s1. The number of halogens is 3. The lowest BCUT2D eigenvalue weighted by Crippen LogP contribution is -2.43. The Morgan fingerprint density at radius 2 is 1.88 bits per heavy atom. The first-order chi connectivity index (χ1) is 15.4. The summed E-state index contributed by atoms with van der Waals surface area (Å²) in [6.07, 6.45) is -0.0538. The summed E-state index contributed by atoms with van der Waals surface area (Å²) in [5.41, 5.74) is 8.07. The summed E-state index contributed by atoms with van der Waals surface area (Å²) in [4.78, 5) is 18.9. The number of fused-ring (bicyclic) bond motifs is 1. The summed E-state index contributed by atoms with van der Waals surface area (Å²) in [6.45, 7) is 2.62. The largest absolute Gasteiger partial charge is 0.404 e. The van der Waals surface area contributed by atoms with Crippen LogP contribution in [0.25, 0.3) is 0 Å². The molecule has 1 aromatic heterocycles. The minimum absolute atomic E-state index is 0.172. The van der Waals surface area contributed by atoms with Crippen molar-refractivity contribution in [2.45, 2.75) is 68.2 Å². The number of carbonyl (C=O) groups is 1. The Labute approximate surface area is 190 Å². The predicted octanol–water partition coefficient (Wildman–Crippen LogP) is 3.30. The molecule has 2 unspecified atom stereocenters. The molecule has 2 heterocycles. The van der Waals surface area contributed by atoms with Crippen molar-refractivity contribution < 1.29 is 26.4 Å². The van der Waals surface area contributed by atoms with E-state index in [-0.39, 0.29) is 10.9 Å². The number of benzene rings is 1. The quantitative estimate of drug-likeness (QED) is 0.657. The Balaban J connectivity index is 1.70. The maximum Gasteiger partial charge on any atom is 0.404 e. The lowest BCUT2D eigenvalue weighted by molar-refractivity contribution is -0.147. The third-order valence-corrected chi connectivity index (χ3v) is 7.91. The van der Waals surface area contributed by atoms with Gasteiger partial charge in [-0.1, -0.05) is 12.1 Å². The van der Waals surface area contributed by atoms with E-state index in [0.29, 0.717) is 11.4 Å². The van der Waals surface area contributed by atoms with Crippen LogP contribution in [0.5, 0.6) is 0 Å². The molecule has 1 saturated carbocycles. The molecule has 2 aromatic rings. The Hall–Kier alpha value is -2.66. The number of hydrogen-bond donors (Lipinski definition) is 2. The van der Waals surface area contributed by atoms with E-state index >= 15 is 0 Å². The van der Waals surface area contributed by atoms with Crippen LogP contribution in [0, 0.1) is 6.92 Å². The average Bonchev–Trinajstić information content (AvgIpc) is 3.00. The van der Waals surface area contributed by atoms with Crippen LogP contribution in [0.4, 0.5) is 19.0 Å². The third-order valence-electron chi connectivity index (χ3n) is 6.36. The maximum absolute atomic E-state index is 12.8. The van der Waals surface area contributed by atoms with E-state index in [1.165, 1.54) is 24.3 Å². The summed E-state index contributed by atoms with van der Waals surface area (Å²) in [5, 5.41) is 0. The number of primary amides is 1. The highest BCUT2D eigenvalue weighted by molar-refractivity contribution is 7.89. The second-order valence-electron chi connectivity index (χ2n) is 8.70. The molecule has 4 rings (SSSR count). The van der Waals surface area contributed by atoms with Gasteiger partial charge in [0.05, 0.1) is 16.9 Å². The number of sulfonamides is 1. The highest BCUT2D eigenvalue weighted by Crippen LogP contribution is 2.51. The molecule has 0 saturated heterocycles. The van der Waals surface area contributed by atoms with Crippen LogP contribution in [0.3, 0.4) is 0 Å². The Morgan fingerprint density at radius 1 is 1.24 bits per heavy atom. The van der Waals surface area contributed by atoms with Gasteiger partial charge in [0, 0.05) is 17.8 Å². The van der Waals surface area contributed by atoms with Crippen LogP contribution >= 0.6 is 0 Å². The van der Waals surface area contributed by atoms with Gasteiger partial charge in [-0.05, 0) is 62.4 Å². The van der Waals surface area contributed by atoms with E-state index in [0.717, 1.165) is 37.3 Å². The molecule has 0 radical (unpaired) electrons. The minimum atomic E-state index is -4.70. The SMILES string of the molecule is Cc1cnc2c(c1)C(C(N)=O)C(c1ccc(S(=O)(=O)N[C@@H](C)C(F)(F)F)cc1)N2C1CCC1. The number of carbonyl (C=O) groups excluding carboxylic acids is 1. The van der Waals surface area contributed by atoms with E-state index in [1.54, 1.807) is 10.9 Å². The molecule has 1 amide bonds. The number of pyridine rings is 1. The molecule has 33 heavy (non-hydrogen) atoms. The van der Waals surface area contributed by atoms with Gasteiger partial charge < -0.3 is 10.6 Å². The average molecular weight is 483 g/mol. The minimum Gasteiger partial charge on any atom is -0.369 e. The van der Waals surface area contributed by atoms with Crippen LogP contribution in [-0.2, 0) is 14.8 Å². The first-order valence-electron chi connectivity index (χ1n) is 10.6. The monoisotopic (exact) mass is 482 g/mol. The molecule has 1 aliphatic carbocycles. The van der Waals surface area contributed by atoms with Gasteiger partial charge in [-0.25, -0.2) is 13.4 Å². The molecular weight excluding hydrogens is 457 g/mol. The van der Waals surface area contributed by atoms with Gasteiger partial charge >= 0.3 is 6.18 Å². The van der Waals surface area contributed by atoms with Gasteiger partial charge in [-0.15, -0.1) is 0 Å². The van der Waals surface area contributed by atoms with Crippen molar-refractivity contribution in [2.24, 2.45) is 5.73 Å². The molecule has 2 aliphatic rings. The number of rotatable bonds is 6. The van der Waals surface area contributed by atoms with Crippen LogP contribution in [0.15, 0.2) is 41.4 Å². The van der Waals surface area contributed by atoms with Gasteiger partial charge in [0.1, 0.15) is 11.9 Å². The number of nitrogens with one attached hydrogen (secondary N) is 1. The van der Waals surface area contributed by atoms with Crippen molar-refractivity contribution in [1.29, 1.82) is 0 Å². The van der Waals surface area contributed by atoms with Crippen LogP contribution in [0.1, 0.15) is 54.8 Å². The summed E-state index contributed by atoms with van der Waals surface area (Å²) >= 11 is 0. The fourth-order valence-electron chi connectivity index (χ4n) is 4.43. The van der Waals surface area contributed by atoms with Gasteiger partial charge in [0.15, 0.2) is 0 Å². The highest BCUT2D eigenvalue weighted by atomic mass is 32.2. The fourth-order valence-corrected chi connectivity index (χ4v) is 5.66. The van der Waals surface area contributed by atoms with Crippen molar-refractivity contribution in [3.63, 3.8) is 0 Å². The van der Waals surface area contributed by atoms with Crippen LogP contribution < -0.4 is 15.4 Å². The lowest BCUT2D eigenvalue weighted by Gasteiger charge is -2.41. The molecule has 178 valence electrons. The number of anilines is 1. The molecule has 0 bridgehead atoms. The second kappa shape index (κ2) is 8.28. The number of hydrogen-bond acceptors (Lipinski definition) is 5. The summed E-state index contributed by atoms with van der Waals surface area (Å²) in [5.74, 6) is -0.511. The molecule has 1 aromatic carbocycles. The van der Waals surface area contributed by atoms with Crippen molar-refractivity contribution in [3.05, 3.63) is 53.2 Å². The number of amides is 1. The third kappa shape index (κ3) is 4.31. The number of aryl methyl sites for hydroxylation is 1. The topological polar surface area (TPSA) is 105 Å². The zero-order valence-electron chi connectivity index (χ0n) is 18.1. The number of nitrogens with zero attached hydrogens (tertiary/aromatic N) is 2. The number of nitrogens with two attached hydrogens (primary N) is 1. The summed E-state index contributed by atoms with van der Waals surface area (Å²) in [7, 11) is -4.38. The smallest absolute Gasteiger partial charge is 0.369 e. The highest BCUT2D eigenvalue weighted by Gasteiger charge is 2.47. The van der Waals surface area contributed by atoms with E-state index < -0.39 is 40.1 Å². The lowest BCUT2D eigenvalue weighted by atomic mass is 9.86. The van der Waals surface area contributed by atoms with E-state index in [2.05, 4.69) is 9.88 Å². The first-order valence-corrected chi connectivity index (χ1v) is 12.1. The predicted molar refractivity (Wildman–Crippen MR) is 116 cm³/mol. The van der Waals surface area contributed by atoms with Crippen molar-refractivity contribution in [2.75, 3.05) is 4.90 Å². The number of aromatic nitrogens is 1. The normalized spacial score (nSPS) is 22.0. The van der Waals surface area contributed by atoms with Crippen molar-refractivity contribution in [1.82, 2.24) is 9.71 Å². The molecule has 3 atom stereocenters. The zero-order valence-corrected chi connectivity index (χ0v) is 18.9. The van der Waals surface area contributed by atoms with Gasteiger partial charge in [-0.2, -0.15) is 17.9 Å². The Bertz CT molecular complexity index is 1160. The maximum atomic E-state index is 12.8. The Kier molecular flexibility index (Phi) is 5.90. The summed E-state index contributed by atoms with van der Waals surface area (Å²) < 4.78 is 65.0. The van der Waals surface area contributed by atoms with Crippen molar-refractivity contribution >= 4 is 21.7 Å². The second-order valence-corrected chi connectivity index (χ2v) is 10.4. The van der Waals surface area contributed by atoms with Crippen LogP contribution in [-0.4, -0.2) is 37.6 Å². The summed E-state index contributed by atoms with van der Waals surface area (Å²) in [6, 6.07) is 4.91. The van der Waals surface area contributed by atoms with E-state index in [4.69, 9.17) is 5.73 Å². The first kappa shape index (κ1) is 23.5. The zero-order chi connectivity index (χ0) is 24.1. The molecule has 1 fully saturated rings. The fraction of sp³-hybridized carbons (Fsp3) is 0.455. The molecule has 3 N–H and O–H groups in total. The van der Waals surface area contributed by atoms with Crippen LogP contribution in [0.2, 0.25) is 0 Å². The van der Waals surface area contributed by atoms with Gasteiger partial charge in [0.25, 0.3) is 0 Å². The molecule has 11 heteroatoms. The van der Waals surface area contributed by atoms with E-state index in [9.17, 15) is 26.4 Å². The van der Waals surface area contributed by atoms with E-state index in [1.807, 2.05) is 13.0 Å². The number of alkyl halides is 3. The van der Waals surface area contributed by atoms with Gasteiger partial charge in [-0.3, -0.25) is 4.79 Å². The molecular formula is C22H25F3N4O3S. The van der Waals surface area contributed by atoms with Crippen molar-refractivity contribution in [3.8, 4) is 0 Å². The Morgan fingerprint density at radius 3 is 2.39 bits per heavy atom. The molecule has 7 nitrogen and oxygen atoms in total. The molecule has 0 spiro atoms. The molecule has 1 aliphatic heterocycles.